The van der Waals surface area contributed by atoms with Crippen LogP contribution in [0.5, 0.6) is 5.75 Å². The van der Waals surface area contributed by atoms with Crippen LogP contribution in [-0.4, -0.2) is 142 Å². The van der Waals surface area contributed by atoms with Crippen molar-refractivity contribution < 1.29 is 47.9 Å². The molecule has 0 spiro atoms. The quantitative estimate of drug-likeness (QED) is 0.0230. The number of H-pyrrole nitrogens is 2. The van der Waals surface area contributed by atoms with Crippen molar-refractivity contribution in [1.82, 2.24) is 40.6 Å². The average molecular weight is 1180 g/mol. The zero-order valence-corrected chi connectivity index (χ0v) is 48.3. The summed E-state index contributed by atoms with van der Waals surface area (Å²) in [5.74, 6) is -2.93. The molecule has 0 aliphatic carbocycles. The Bertz CT molecular complexity index is 3680. The average Bonchev–Trinajstić information content (AvgIpc) is 4.02. The number of hydrogen-bond acceptors (Lipinski definition) is 11. The van der Waals surface area contributed by atoms with Gasteiger partial charge in [-0.3, -0.25) is 43.3 Å². The van der Waals surface area contributed by atoms with Crippen molar-refractivity contribution in [3.63, 3.8) is 0 Å². The fourth-order valence-corrected chi connectivity index (χ4v) is 12.3. The van der Waals surface area contributed by atoms with Gasteiger partial charge in [-0.05, 0) is 90.6 Å². The number of nitrogens with zero attached hydrogens (tertiary/aromatic N) is 4. The van der Waals surface area contributed by atoms with Gasteiger partial charge in [0, 0.05) is 115 Å². The fraction of sp³-hybridized carbons (Fsp3) is 0.339. The number of thiophene rings is 1. The zero-order valence-electron chi connectivity index (χ0n) is 46.8. The Kier molecular flexibility index (Phi) is 17.9. The number of carbonyl (C=O) groups is 9. The first-order valence-corrected chi connectivity index (χ1v) is 29.6. The summed E-state index contributed by atoms with van der Waals surface area (Å²) in [4.78, 5) is 132. The van der Waals surface area contributed by atoms with Crippen LogP contribution in [0.3, 0.4) is 0 Å². The fourth-order valence-electron chi connectivity index (χ4n) is 11.0. The summed E-state index contributed by atoms with van der Waals surface area (Å²) < 4.78 is 6.91. The van der Waals surface area contributed by atoms with Gasteiger partial charge in [0.1, 0.15) is 23.5 Å². The van der Waals surface area contributed by atoms with E-state index in [4.69, 9.17) is 16.3 Å². The molecule has 20 nitrogen and oxygen atoms in total. The molecular weight excluding hydrogens is 1110 g/mol. The molecule has 0 radical (unpaired) electrons. The van der Waals surface area contributed by atoms with E-state index in [2.05, 4.69) is 31.2 Å². The Morgan fingerprint density at radius 3 is 2.20 bits per heavy atom. The number of para-hydroxylation sites is 1. The molecule has 6 N–H and O–H groups in total. The number of amides is 9. The molecule has 0 saturated carbocycles. The molecule has 84 heavy (non-hydrogen) atoms. The predicted octanol–water partition coefficient (Wildman–Crippen LogP) is 7.91. The molecule has 436 valence electrons. The van der Waals surface area contributed by atoms with E-state index in [9.17, 15) is 43.2 Å². The number of unbranched alkanes of at least 4 members (excludes halogenated alkanes) is 2. The number of alkyl halides is 1. The minimum atomic E-state index is -1.02. The van der Waals surface area contributed by atoms with Crippen LogP contribution in [-0.2, 0) is 35.2 Å². The number of aryl methyl sites for hydroxylation is 1. The summed E-state index contributed by atoms with van der Waals surface area (Å²) in [6, 6.07) is 25.4. The van der Waals surface area contributed by atoms with Gasteiger partial charge < -0.3 is 50.7 Å². The van der Waals surface area contributed by atoms with Crippen LogP contribution >= 0.6 is 22.9 Å². The lowest BCUT2D eigenvalue weighted by Crippen LogP contribution is -2.56. The Morgan fingerprint density at radius 1 is 0.762 bits per heavy atom. The molecule has 9 amide bonds. The van der Waals surface area contributed by atoms with Crippen molar-refractivity contribution in [3.05, 3.63) is 137 Å². The zero-order chi connectivity index (χ0) is 59.2. The van der Waals surface area contributed by atoms with E-state index in [1.807, 2.05) is 80.7 Å². The Morgan fingerprint density at radius 2 is 1.46 bits per heavy atom. The molecule has 7 aromatic rings. The lowest BCUT2D eigenvalue weighted by molar-refractivity contribution is -0.137. The second kappa shape index (κ2) is 25.8. The number of aromatic amines is 2. The summed E-state index contributed by atoms with van der Waals surface area (Å²) >= 11 is 8.06. The summed E-state index contributed by atoms with van der Waals surface area (Å²) in [5, 5.41) is 15.8. The molecule has 3 aromatic heterocycles. The van der Waals surface area contributed by atoms with Crippen molar-refractivity contribution in [1.29, 1.82) is 0 Å². The van der Waals surface area contributed by atoms with Crippen molar-refractivity contribution in [2.24, 2.45) is 5.92 Å². The molecule has 3 aliphatic rings. The third-order valence-corrected chi connectivity index (χ3v) is 16.9. The smallest absolute Gasteiger partial charge is 0.409 e. The molecule has 0 unspecified atom stereocenters. The highest BCUT2D eigenvalue weighted by atomic mass is 35.5. The number of fused-ring (bicyclic) bond motifs is 5. The van der Waals surface area contributed by atoms with E-state index in [1.54, 1.807) is 46.2 Å². The van der Waals surface area contributed by atoms with Gasteiger partial charge in [0.25, 0.3) is 23.6 Å². The number of aromatic nitrogens is 2. The number of ether oxygens (including phenoxy) is 1. The molecule has 1 saturated heterocycles. The van der Waals surface area contributed by atoms with Crippen LogP contribution in [0.1, 0.15) is 89.5 Å². The maximum absolute atomic E-state index is 14.6. The van der Waals surface area contributed by atoms with Crippen molar-refractivity contribution in [2.45, 2.75) is 77.3 Å². The third kappa shape index (κ3) is 13.2. The largest absolute Gasteiger partial charge is 0.415 e. The maximum atomic E-state index is 14.6. The number of hydrogen-bond donors (Lipinski definition) is 6. The second-order valence-corrected chi connectivity index (χ2v) is 23.0. The van der Waals surface area contributed by atoms with Crippen LogP contribution in [0.2, 0.25) is 0 Å². The highest BCUT2D eigenvalue weighted by Crippen LogP contribution is 2.49. The van der Waals surface area contributed by atoms with Crippen molar-refractivity contribution in [3.8, 4) is 5.75 Å². The first kappa shape index (κ1) is 58.4. The van der Waals surface area contributed by atoms with Crippen LogP contribution in [0.4, 0.5) is 16.2 Å². The van der Waals surface area contributed by atoms with Gasteiger partial charge in [-0.15, -0.1) is 22.9 Å². The number of piperazine rings is 1. The SMILES string of the molecule is Cc1csc2c(OC(=O)N3CCN(C(=O)CNC(=O)[C@H](CC(C)C)NC(=O)[C@H](Cc4ccccc4)NC(=O)CCCCCN4C(=O)C=CC4=O)CC3)cc3c(c12)[C@H](CCl)CN3C(=O)c1cc2cc(NC(=O)c3cc4ccccc4[nH]3)ccc2[nH]1. The van der Waals surface area contributed by atoms with Gasteiger partial charge in [-0.2, -0.15) is 0 Å². The number of imide groups is 1. The van der Waals surface area contributed by atoms with Crippen LogP contribution < -0.4 is 30.9 Å². The van der Waals surface area contributed by atoms with Gasteiger partial charge in [-0.25, -0.2) is 4.79 Å². The van der Waals surface area contributed by atoms with E-state index in [-0.39, 0.29) is 124 Å². The molecular formula is C62H65ClN10O10S. The standard InChI is InChI=1S/C62H65ClN10O10S/c1-36(2)26-45(69-60(80)46(27-38-12-6-4-7-13-38)68-51(74)16-8-5-11-21-72-52(75)19-20-53(72)76)58(78)64-33-54(77)70-22-24-71(25-23-70)62(82)83-50-31-49-56(55-37(3)35-84-57(50)55)41(32-63)34-73(49)61(81)48-30-40-28-42(17-18-44(40)67-48)65-59(79)47-29-39-14-9-10-15-43(39)66-47/h4,6-7,9-10,12-15,17-20,28-31,35-36,41,45-46,66-67H,5,8,11,16,21-27,32-34H2,1-3H3,(H,64,78)(H,65,79)(H,68,74)(H,69,80)/t41-,45+,46+/m1/s1. The van der Waals surface area contributed by atoms with Crippen molar-refractivity contribution >= 4 is 120 Å². The van der Waals surface area contributed by atoms with Crippen LogP contribution in [0.15, 0.2) is 109 Å². The summed E-state index contributed by atoms with van der Waals surface area (Å²) in [6.45, 7) is 6.55. The highest BCUT2D eigenvalue weighted by Gasteiger charge is 2.38. The maximum Gasteiger partial charge on any atom is 0.415 e. The predicted molar refractivity (Wildman–Crippen MR) is 321 cm³/mol. The third-order valence-electron chi connectivity index (χ3n) is 15.4. The number of rotatable bonds is 21. The molecule has 3 atom stereocenters. The van der Waals surface area contributed by atoms with Crippen LogP contribution in [0, 0.1) is 12.8 Å². The molecule has 1 fully saturated rings. The second-order valence-electron chi connectivity index (χ2n) is 21.8. The monoisotopic (exact) mass is 1180 g/mol. The lowest BCUT2D eigenvalue weighted by atomic mass is 9.97. The minimum Gasteiger partial charge on any atom is -0.409 e. The van der Waals surface area contributed by atoms with E-state index >= 15 is 0 Å². The number of carbonyl (C=O) groups excluding carboxylic acids is 9. The van der Waals surface area contributed by atoms with E-state index in [1.165, 1.54) is 28.4 Å². The van der Waals surface area contributed by atoms with Gasteiger partial charge in [0.05, 0.1) is 16.9 Å². The van der Waals surface area contributed by atoms with Crippen LogP contribution in [0.25, 0.3) is 31.9 Å². The Balaban J connectivity index is 0.738. The van der Waals surface area contributed by atoms with E-state index in [0.717, 1.165) is 42.6 Å². The molecule has 10 rings (SSSR count). The normalized spacial score (nSPS) is 15.7. The number of benzene rings is 4. The topological polar surface area (TPSA) is 256 Å². The lowest BCUT2D eigenvalue weighted by Gasteiger charge is -2.34. The molecule has 4 aromatic carbocycles. The van der Waals surface area contributed by atoms with E-state index < -0.39 is 30.0 Å². The Hall–Kier alpha value is -8.82. The van der Waals surface area contributed by atoms with E-state index in [0.29, 0.717) is 52.9 Å². The summed E-state index contributed by atoms with van der Waals surface area (Å²) in [7, 11) is 0. The molecule has 6 heterocycles. The summed E-state index contributed by atoms with van der Waals surface area (Å²) in [5.41, 5.74) is 6.04. The number of nitrogens with one attached hydrogen (secondary N) is 6. The minimum absolute atomic E-state index is 0.0313. The number of anilines is 2. The molecule has 3 aliphatic heterocycles. The Labute approximate surface area is 493 Å². The molecule has 22 heteroatoms. The number of halogens is 1. The first-order valence-electron chi connectivity index (χ1n) is 28.2. The van der Waals surface area contributed by atoms with Gasteiger partial charge in [0.15, 0.2) is 5.75 Å². The molecule has 0 bridgehead atoms. The first-order chi connectivity index (χ1) is 40.5. The van der Waals surface area contributed by atoms with Gasteiger partial charge in [-0.1, -0.05) is 68.8 Å². The summed E-state index contributed by atoms with van der Waals surface area (Å²) in [6.07, 6.45) is 3.91. The van der Waals surface area contributed by atoms with Gasteiger partial charge in [0.2, 0.25) is 23.6 Å². The highest BCUT2D eigenvalue weighted by molar-refractivity contribution is 7.17. The van der Waals surface area contributed by atoms with Crippen molar-refractivity contribution in [2.75, 3.05) is 61.9 Å². The van der Waals surface area contributed by atoms with Gasteiger partial charge >= 0.3 is 6.09 Å².